The maximum absolute atomic E-state index is 11.2. The van der Waals surface area contributed by atoms with Crippen LogP contribution in [-0.4, -0.2) is 100 Å². The van der Waals surface area contributed by atoms with E-state index >= 15 is 0 Å². The average Bonchev–Trinajstić information content (AvgIpc) is 1.58. The molecule has 0 aliphatic rings. The van der Waals surface area contributed by atoms with Crippen LogP contribution in [0.5, 0.6) is 17.2 Å². The number of hydrogen-bond donors (Lipinski definition) is 6. The number of pyridine rings is 4. The minimum atomic E-state index is -1.02. The summed E-state index contributed by atoms with van der Waals surface area (Å²) in [5.74, 6) is 3.42. The van der Waals surface area contributed by atoms with E-state index in [0.29, 0.717) is 70.5 Å². The molecule has 0 amide bonds. The summed E-state index contributed by atoms with van der Waals surface area (Å²) >= 11 is 26.7. The molecule has 0 aliphatic carbocycles. The SMILES string of the molecule is CC(C)c1cc(C(C)C)c(-c2ccccc2P(C(C)(C)C)C(C)(C)C)c(C(C)C)c1.CCc1cnc2ccc(Br)cn12.CCc1cnc2ccc(NCc3cc(Cl)ccc3OC)cn12.COc1ccc(Cl)cc1CN.COc1ccc(Cl)cc1CNc1ccc2ncc(C(=O)O)n2c1.NCCc1[c-]cccc1.Nc1ccc(Br)cn1.O=C=O.O=C=O.[Cl][Pd+].[Na+].[OH-]. The number of aromatic nitrogens is 7. The number of hydrogen-bond acceptors (Lipinski definition) is 18. The predicted octanol–water partition coefficient (Wildman–Crippen LogP) is 20.1. The summed E-state index contributed by atoms with van der Waals surface area (Å²) in [6.07, 6.45) is 16.0. The predicted molar refractivity (Wildman–Crippen MR) is 508 cm³/mol. The van der Waals surface area contributed by atoms with Crippen LogP contribution in [0.3, 0.4) is 0 Å². The number of carboxylic acid groups (broad SMARTS) is 1. The molecule has 7 aromatic heterocycles. The number of carbonyl (C=O) groups excluding carboxylic acids is 4. The summed E-state index contributed by atoms with van der Waals surface area (Å²) in [6, 6.07) is 56.9. The van der Waals surface area contributed by atoms with Crippen molar-refractivity contribution in [2.24, 2.45) is 11.5 Å². The summed E-state index contributed by atoms with van der Waals surface area (Å²) in [5, 5.41) is 19.9. The van der Waals surface area contributed by atoms with Crippen LogP contribution in [0, 0.1) is 6.07 Å². The molecular formula is C94H112Br2Cl4N12NaO10PPd. The van der Waals surface area contributed by atoms with Crippen molar-refractivity contribution in [1.82, 2.24) is 33.1 Å². The molecule has 0 bridgehead atoms. The molecule has 10 N–H and O–H groups in total. The van der Waals surface area contributed by atoms with Gasteiger partial charge in [-0.3, -0.25) is 4.40 Å². The van der Waals surface area contributed by atoms with Gasteiger partial charge in [-0.25, -0.2) is 24.7 Å². The van der Waals surface area contributed by atoms with Crippen molar-refractivity contribution in [3.63, 3.8) is 0 Å². The number of aromatic carboxylic acids is 1. The number of anilines is 3. The first-order chi connectivity index (χ1) is 58.6. The molecule has 7 heterocycles. The van der Waals surface area contributed by atoms with Crippen molar-refractivity contribution in [2.75, 3.05) is 44.2 Å². The second kappa shape index (κ2) is 58.2. The monoisotopic (exact) mass is 2030 g/mol. The summed E-state index contributed by atoms with van der Waals surface area (Å²) in [4.78, 5) is 60.2. The maximum Gasteiger partial charge on any atom is 1.00 e. The number of fused-ring (bicyclic) bond motifs is 3. The van der Waals surface area contributed by atoms with Crippen LogP contribution in [0.4, 0.5) is 17.2 Å². The van der Waals surface area contributed by atoms with Crippen LogP contribution in [0.25, 0.3) is 28.1 Å². The Bertz CT molecular complexity index is 5420. The zero-order valence-corrected chi connectivity index (χ0v) is 84.5. The first-order valence-corrected chi connectivity index (χ1v) is 45.3. The van der Waals surface area contributed by atoms with Gasteiger partial charge >= 0.3 is 75.5 Å². The fraction of sp³-hybridized carbons (Fsp3) is 0.309. The standard InChI is InChI=1S/C29H45P.C17H18ClN3O.C16H14ClN3O3.C9H9BrN2.C8H10ClNO.C8H10N.C5H5BrN2.2CO2.ClH.Na.H2O.Pd/c1-19(2)22-17-24(20(3)4)27(25(18-22)21(5)6)23-15-13-14-16-26(23)30(28(7,8)9)29(10,11)12;1-3-15-10-20-17-7-5-14(11-21(15)17)19-9-12-8-13(18)4-6-16(12)22-2;1-23-14-4-2-11(17)6-10(14)7-18-12-3-5-15-19-8-13(16(21)22)20(15)9-12;1-2-8-5-11-9-4-3-7(10)6-12(8)9;1-11-8-3-2-7(9)4-6(8)5-10;9-7-6-8-4-2-1-3-5-8;6-4-1-2-5(7)8-3-4;2*2-1-3;;;;/h13-21H,1-12H3;4-8,10-11,19H,3,9H2,1-2H3;2-6,8-9,18H,7H2,1H3,(H,21,22);3-6H,2H2,1H3;2-4H,5,10H2,1H3;1-4H,6-7,9H2;1-3H,(H2,7,8);;;1H;;1H2;/q;;;;;-1;;;;;+1;;+2/p-2. The van der Waals surface area contributed by atoms with Gasteiger partial charge in [-0.1, -0.05) is 176 Å². The van der Waals surface area contributed by atoms with Gasteiger partial charge in [0.2, 0.25) is 0 Å². The molecule has 13 rings (SSSR count). The molecule has 0 aliphatic heterocycles. The second-order valence-corrected chi connectivity index (χ2v) is 37.0. The van der Waals surface area contributed by atoms with Crippen molar-refractivity contribution in [2.45, 2.75) is 164 Å². The zero-order chi connectivity index (χ0) is 91.7. The van der Waals surface area contributed by atoms with Crippen LogP contribution < -0.4 is 76.9 Å². The molecule has 666 valence electrons. The molecule has 6 aromatic carbocycles. The second-order valence-electron chi connectivity index (χ2n) is 30.0. The van der Waals surface area contributed by atoms with Gasteiger partial charge in [0, 0.05) is 109 Å². The zero-order valence-electron chi connectivity index (χ0n) is 73.9. The number of nitrogen functional groups attached to an aromatic ring is 1. The van der Waals surface area contributed by atoms with Crippen molar-refractivity contribution in [3.8, 4) is 28.4 Å². The Morgan fingerprint density at radius 1 is 0.560 bits per heavy atom. The van der Waals surface area contributed by atoms with Crippen LogP contribution in [0.1, 0.15) is 176 Å². The van der Waals surface area contributed by atoms with Crippen molar-refractivity contribution >= 4 is 142 Å². The van der Waals surface area contributed by atoms with E-state index in [2.05, 4.69) is 245 Å². The van der Waals surface area contributed by atoms with Gasteiger partial charge < -0.3 is 61.4 Å². The first-order valence-electron chi connectivity index (χ1n) is 39.2. The molecule has 31 heteroatoms. The first kappa shape index (κ1) is 113. The van der Waals surface area contributed by atoms with E-state index in [0.717, 1.165) is 84.8 Å². The summed E-state index contributed by atoms with van der Waals surface area (Å²) < 4.78 is 23.5. The van der Waals surface area contributed by atoms with Crippen LogP contribution in [-0.2, 0) is 76.3 Å². The quantitative estimate of drug-likeness (QED) is 0.0234. The number of ether oxygens (including phenoxy) is 3. The summed E-state index contributed by atoms with van der Waals surface area (Å²) in [7, 11) is 9.00. The van der Waals surface area contributed by atoms with E-state index in [9.17, 15) is 4.79 Å². The van der Waals surface area contributed by atoms with Crippen molar-refractivity contribution < 1.29 is 96.5 Å². The number of carbonyl (C=O) groups is 1. The van der Waals surface area contributed by atoms with Crippen LogP contribution in [0.2, 0.25) is 15.1 Å². The minimum absolute atomic E-state index is 0. The number of nitrogens with two attached hydrogens (primary N) is 3. The Kier molecular flexibility index (Phi) is 52.5. The number of benzene rings is 6. The van der Waals surface area contributed by atoms with E-state index in [-0.39, 0.29) is 71.3 Å². The molecule has 0 fully saturated rings. The summed E-state index contributed by atoms with van der Waals surface area (Å²) in [6.45, 7) is 35.1. The third-order valence-electron chi connectivity index (χ3n) is 18.3. The van der Waals surface area contributed by atoms with Crippen LogP contribution in [0.15, 0.2) is 216 Å². The molecule has 22 nitrogen and oxygen atoms in total. The molecule has 0 spiro atoms. The smallest absolute Gasteiger partial charge is 0.870 e. The molecule has 0 radical (unpaired) electrons. The molecule has 0 unspecified atom stereocenters. The average molecular weight is 2030 g/mol. The number of imidazole rings is 3. The molecule has 125 heavy (non-hydrogen) atoms. The van der Waals surface area contributed by atoms with Crippen LogP contribution >= 0.6 is 84.1 Å². The molecular weight excluding hydrogens is 1920 g/mol. The van der Waals surface area contributed by atoms with E-state index in [4.69, 9.17) is 90.5 Å². The minimum Gasteiger partial charge on any atom is -0.870 e. The Morgan fingerprint density at radius 2 is 0.984 bits per heavy atom. The Balaban J connectivity index is 0.000000505. The number of nitrogens with zero attached hydrogens (tertiary/aromatic N) is 7. The van der Waals surface area contributed by atoms with Gasteiger partial charge in [-0.15, -0.1) is 0 Å². The van der Waals surface area contributed by atoms with Gasteiger partial charge in [0.15, 0.2) is 5.69 Å². The number of nitrogens with one attached hydrogen (secondary N) is 2. The fourth-order valence-electron chi connectivity index (χ4n) is 13.0. The molecule has 13 aromatic rings. The fourth-order valence-corrected chi connectivity index (χ4v) is 18.3. The Morgan fingerprint density at radius 3 is 1.38 bits per heavy atom. The van der Waals surface area contributed by atoms with Gasteiger partial charge in [0.25, 0.3) is 0 Å². The number of aryl methyl sites for hydroxylation is 2. The summed E-state index contributed by atoms with van der Waals surface area (Å²) in [5.41, 5.74) is 34.5. The topological polar surface area (TPSA) is 330 Å². The van der Waals surface area contributed by atoms with Gasteiger partial charge in [0.05, 0.1) is 38.9 Å². The van der Waals surface area contributed by atoms with E-state index in [1.165, 1.54) is 55.4 Å². The van der Waals surface area contributed by atoms with Crippen molar-refractivity contribution in [1.29, 1.82) is 0 Å². The number of methoxy groups -OCH3 is 3. The van der Waals surface area contributed by atoms with E-state index in [1.807, 2.05) is 110 Å². The van der Waals surface area contributed by atoms with E-state index < -0.39 is 5.97 Å². The number of halogens is 6. The molecule has 0 atom stereocenters. The normalized spacial score (nSPS) is 10.4. The van der Waals surface area contributed by atoms with Gasteiger partial charge in [0.1, 0.15) is 40.0 Å². The number of carboxylic acids is 1. The molecule has 0 saturated carbocycles. The van der Waals surface area contributed by atoms with Gasteiger partial charge in [-0.2, -0.15) is 55.1 Å². The maximum atomic E-state index is 11.2. The van der Waals surface area contributed by atoms with E-state index in [1.54, 1.807) is 75.4 Å². The third-order valence-corrected chi connectivity index (χ3v) is 23.5. The molecule has 0 saturated heterocycles. The Labute approximate surface area is 805 Å². The third kappa shape index (κ3) is 36.4. The Hall–Kier alpha value is -8.34. The van der Waals surface area contributed by atoms with Crippen molar-refractivity contribution in [3.05, 3.63) is 293 Å². The van der Waals surface area contributed by atoms with Gasteiger partial charge in [-0.05, 0) is 222 Å². The number of rotatable bonds is 20. The largest absolute Gasteiger partial charge is 1.00 e.